The monoisotopic (exact) mass is 522 g/mol. The minimum absolute atomic E-state index is 0.0333. The third-order valence-electron chi connectivity index (χ3n) is 7.30. The fourth-order valence-corrected chi connectivity index (χ4v) is 5.27. The van der Waals surface area contributed by atoms with Crippen molar-refractivity contribution >= 4 is 28.7 Å². The lowest BCUT2D eigenvalue weighted by Crippen LogP contribution is -2.63. The number of aromatic nitrogens is 2. The number of amides is 2. The van der Waals surface area contributed by atoms with Crippen LogP contribution in [-0.4, -0.2) is 71.7 Å². The molecule has 1 saturated carbocycles. The molecule has 1 aromatic heterocycles. The van der Waals surface area contributed by atoms with Gasteiger partial charge >= 0.3 is 12.3 Å². The number of ether oxygens (including phenoxy) is 1. The van der Waals surface area contributed by atoms with Gasteiger partial charge in [0.2, 0.25) is 5.91 Å². The number of nitrogens with zero attached hydrogens (tertiary/aromatic N) is 3. The molecule has 1 aliphatic carbocycles. The van der Waals surface area contributed by atoms with Gasteiger partial charge in [-0.3, -0.25) is 9.69 Å². The molecular weight excluding hydrogens is 489 g/mol. The molecule has 0 radical (unpaired) electrons. The van der Waals surface area contributed by atoms with Crippen LogP contribution in [0.25, 0.3) is 10.9 Å². The molecule has 37 heavy (non-hydrogen) atoms. The van der Waals surface area contributed by atoms with E-state index < -0.39 is 11.7 Å². The standard InChI is InChI=1S/C25H33F3N6O3/c1-3-21(37-24(36)29-2)15-4-7-18(8-5-15)34-12-17(13-34)33-22(35)11-30-23-19-10-16(25(26,27)28)6-9-20(19)31-14-32-23/h6,9-10,14-15,17-18,21H,3-5,7-8,11-13H2,1-2H3,(H,29,36)(H,33,35)(H,30,31,32). The highest BCUT2D eigenvalue weighted by molar-refractivity contribution is 5.91. The summed E-state index contributed by atoms with van der Waals surface area (Å²) in [6.45, 7) is 3.45. The van der Waals surface area contributed by atoms with E-state index in [2.05, 4.69) is 30.8 Å². The Morgan fingerprint density at radius 1 is 1.16 bits per heavy atom. The van der Waals surface area contributed by atoms with Crippen LogP contribution in [0.3, 0.4) is 0 Å². The van der Waals surface area contributed by atoms with Gasteiger partial charge in [0.05, 0.1) is 23.7 Å². The Kier molecular flexibility index (Phi) is 8.35. The van der Waals surface area contributed by atoms with Crippen molar-refractivity contribution in [3.63, 3.8) is 0 Å². The number of nitrogens with one attached hydrogen (secondary N) is 3. The summed E-state index contributed by atoms with van der Waals surface area (Å²) in [7, 11) is 1.56. The zero-order valence-electron chi connectivity index (χ0n) is 21.0. The maximum atomic E-state index is 13.1. The summed E-state index contributed by atoms with van der Waals surface area (Å²) in [4.78, 5) is 34.4. The fraction of sp³-hybridized carbons (Fsp3) is 0.600. The third-order valence-corrected chi connectivity index (χ3v) is 7.30. The smallest absolute Gasteiger partial charge is 0.416 e. The van der Waals surface area contributed by atoms with Crippen LogP contribution in [-0.2, 0) is 15.7 Å². The predicted octanol–water partition coefficient (Wildman–Crippen LogP) is 3.55. The van der Waals surface area contributed by atoms with Crippen LogP contribution in [0.1, 0.15) is 44.6 Å². The zero-order valence-corrected chi connectivity index (χ0v) is 21.0. The lowest BCUT2D eigenvalue weighted by atomic mass is 9.80. The summed E-state index contributed by atoms with van der Waals surface area (Å²) in [6, 6.07) is 3.74. The van der Waals surface area contributed by atoms with Crippen molar-refractivity contribution in [2.24, 2.45) is 5.92 Å². The molecule has 1 aromatic carbocycles. The summed E-state index contributed by atoms with van der Waals surface area (Å²) < 4.78 is 44.8. The van der Waals surface area contributed by atoms with Crippen molar-refractivity contribution in [1.29, 1.82) is 0 Å². The van der Waals surface area contributed by atoms with Crippen molar-refractivity contribution in [1.82, 2.24) is 25.5 Å². The Bertz CT molecular complexity index is 1100. The number of hydrogen-bond donors (Lipinski definition) is 3. The van der Waals surface area contributed by atoms with Crippen LogP contribution in [0.15, 0.2) is 24.5 Å². The Morgan fingerprint density at radius 3 is 2.54 bits per heavy atom. The number of carbonyl (C=O) groups excluding carboxylic acids is 2. The molecule has 2 heterocycles. The number of halogens is 3. The normalized spacial score (nSPS) is 21.6. The van der Waals surface area contributed by atoms with Gasteiger partial charge in [0.15, 0.2) is 0 Å². The first-order chi connectivity index (χ1) is 17.7. The maximum Gasteiger partial charge on any atom is 0.416 e. The van der Waals surface area contributed by atoms with Crippen LogP contribution >= 0.6 is 0 Å². The van der Waals surface area contributed by atoms with Crippen LogP contribution in [0.4, 0.5) is 23.8 Å². The van der Waals surface area contributed by atoms with E-state index in [9.17, 15) is 22.8 Å². The Hall–Kier alpha value is -3.15. The Balaban J connectivity index is 1.21. The number of hydrogen-bond acceptors (Lipinski definition) is 7. The molecule has 4 rings (SSSR count). The van der Waals surface area contributed by atoms with E-state index in [0.717, 1.165) is 57.3 Å². The molecule has 0 bridgehead atoms. The largest absolute Gasteiger partial charge is 0.446 e. The van der Waals surface area contributed by atoms with E-state index >= 15 is 0 Å². The van der Waals surface area contributed by atoms with E-state index in [1.54, 1.807) is 7.05 Å². The first-order valence-corrected chi connectivity index (χ1v) is 12.7. The predicted molar refractivity (Wildman–Crippen MR) is 132 cm³/mol. The molecule has 2 amide bonds. The maximum absolute atomic E-state index is 13.1. The van der Waals surface area contributed by atoms with Crippen LogP contribution in [0.5, 0.6) is 0 Å². The molecule has 2 aromatic rings. The van der Waals surface area contributed by atoms with E-state index in [1.165, 1.54) is 12.4 Å². The summed E-state index contributed by atoms with van der Waals surface area (Å²) in [5.41, 5.74) is -0.434. The topological polar surface area (TPSA) is 108 Å². The van der Waals surface area contributed by atoms with Gasteiger partial charge in [-0.15, -0.1) is 0 Å². The molecule has 1 saturated heterocycles. The fourth-order valence-electron chi connectivity index (χ4n) is 5.27. The van der Waals surface area contributed by atoms with Crippen LogP contribution in [0, 0.1) is 5.92 Å². The quantitative estimate of drug-likeness (QED) is 0.487. The van der Waals surface area contributed by atoms with Gasteiger partial charge < -0.3 is 20.7 Å². The van der Waals surface area contributed by atoms with Gasteiger partial charge in [-0.25, -0.2) is 14.8 Å². The minimum Gasteiger partial charge on any atom is -0.446 e. The number of carbonyl (C=O) groups is 2. The molecular formula is C25H33F3N6O3. The van der Waals surface area contributed by atoms with Crippen molar-refractivity contribution in [2.75, 3.05) is 32.0 Å². The van der Waals surface area contributed by atoms with Crippen molar-refractivity contribution in [3.05, 3.63) is 30.1 Å². The molecule has 1 atom stereocenters. The molecule has 3 N–H and O–H groups in total. The van der Waals surface area contributed by atoms with E-state index in [1.807, 2.05) is 6.92 Å². The first-order valence-electron chi connectivity index (χ1n) is 12.7. The van der Waals surface area contributed by atoms with Crippen molar-refractivity contribution < 1.29 is 27.5 Å². The van der Waals surface area contributed by atoms with Gasteiger partial charge in [-0.1, -0.05) is 6.92 Å². The summed E-state index contributed by atoms with van der Waals surface area (Å²) >= 11 is 0. The number of likely N-dealkylation sites (tertiary alicyclic amines) is 1. The number of fused-ring (bicyclic) bond motifs is 1. The molecule has 0 spiro atoms. The van der Waals surface area contributed by atoms with Gasteiger partial charge in [0.1, 0.15) is 18.2 Å². The molecule has 2 aliphatic rings. The number of benzene rings is 1. The second-order valence-corrected chi connectivity index (χ2v) is 9.69. The molecule has 2 fully saturated rings. The summed E-state index contributed by atoms with van der Waals surface area (Å²) in [5, 5.41) is 8.54. The summed E-state index contributed by atoms with van der Waals surface area (Å²) in [5.74, 6) is 0.305. The molecule has 1 aliphatic heterocycles. The van der Waals surface area contributed by atoms with Crippen LogP contribution < -0.4 is 16.0 Å². The second kappa shape index (κ2) is 11.5. The number of rotatable bonds is 8. The highest BCUT2D eigenvalue weighted by Gasteiger charge is 2.37. The highest BCUT2D eigenvalue weighted by atomic mass is 19.4. The number of alkyl carbamates (subject to hydrolysis) is 1. The SMILES string of the molecule is CCC(OC(=O)NC)C1CCC(N2CC(NC(=O)CNc3ncnc4ccc(C(F)(F)F)cc34)C2)CC1. The second-order valence-electron chi connectivity index (χ2n) is 9.69. The highest BCUT2D eigenvalue weighted by Crippen LogP contribution is 2.34. The van der Waals surface area contributed by atoms with Gasteiger partial charge in [0.25, 0.3) is 0 Å². The molecule has 9 nitrogen and oxygen atoms in total. The number of anilines is 1. The van der Waals surface area contributed by atoms with E-state index in [-0.39, 0.29) is 41.9 Å². The first kappa shape index (κ1) is 26.9. The van der Waals surface area contributed by atoms with Gasteiger partial charge in [-0.05, 0) is 56.2 Å². The summed E-state index contributed by atoms with van der Waals surface area (Å²) in [6.07, 6.45) is 1.17. The zero-order chi connectivity index (χ0) is 26.6. The lowest BCUT2D eigenvalue weighted by Gasteiger charge is -2.47. The average Bonchev–Trinajstić information content (AvgIpc) is 2.87. The Morgan fingerprint density at radius 2 is 1.89 bits per heavy atom. The van der Waals surface area contributed by atoms with Crippen molar-refractivity contribution in [2.45, 2.75) is 63.4 Å². The van der Waals surface area contributed by atoms with E-state index in [4.69, 9.17) is 4.74 Å². The van der Waals surface area contributed by atoms with Crippen molar-refractivity contribution in [3.8, 4) is 0 Å². The Labute approximate surface area is 213 Å². The average molecular weight is 523 g/mol. The molecule has 1 unspecified atom stereocenters. The third kappa shape index (κ3) is 6.60. The number of alkyl halides is 3. The van der Waals surface area contributed by atoms with Gasteiger partial charge in [-0.2, -0.15) is 13.2 Å². The van der Waals surface area contributed by atoms with Crippen LogP contribution in [0.2, 0.25) is 0 Å². The molecule has 202 valence electrons. The minimum atomic E-state index is -4.48. The van der Waals surface area contributed by atoms with E-state index in [0.29, 0.717) is 17.5 Å². The molecule has 12 heteroatoms. The van der Waals surface area contributed by atoms with Gasteiger partial charge in [0, 0.05) is 31.6 Å². The lowest BCUT2D eigenvalue weighted by molar-refractivity contribution is -0.137.